The van der Waals surface area contributed by atoms with Crippen LogP contribution in [0.3, 0.4) is 0 Å². The minimum absolute atomic E-state index is 0.442. The summed E-state index contributed by atoms with van der Waals surface area (Å²) < 4.78 is 11.1. The van der Waals surface area contributed by atoms with Crippen LogP contribution in [0, 0.1) is 20.8 Å². The highest BCUT2D eigenvalue weighted by molar-refractivity contribution is 5.90. The van der Waals surface area contributed by atoms with E-state index in [1.807, 2.05) is 81.4 Å². The Balaban J connectivity index is 1.71. The molecule has 3 aromatic carbocycles. The third kappa shape index (κ3) is 6.03. The molecular formula is C27H24O4. The molecular weight excluding hydrogens is 388 g/mol. The molecule has 0 saturated carbocycles. The lowest BCUT2D eigenvalue weighted by atomic mass is 10.0. The van der Waals surface area contributed by atoms with Crippen molar-refractivity contribution in [1.29, 1.82) is 0 Å². The van der Waals surface area contributed by atoms with Gasteiger partial charge in [0.05, 0.1) is 0 Å². The van der Waals surface area contributed by atoms with E-state index in [0.717, 1.165) is 22.3 Å². The van der Waals surface area contributed by atoms with Crippen LogP contribution < -0.4 is 9.47 Å². The molecule has 31 heavy (non-hydrogen) atoms. The summed E-state index contributed by atoms with van der Waals surface area (Å²) in [5.41, 5.74) is 4.02. The van der Waals surface area contributed by atoms with E-state index in [4.69, 9.17) is 9.47 Å². The van der Waals surface area contributed by atoms with Gasteiger partial charge in [-0.1, -0.05) is 60.7 Å². The molecule has 0 unspecified atom stereocenters. The third-order valence-corrected chi connectivity index (χ3v) is 4.81. The summed E-state index contributed by atoms with van der Waals surface area (Å²) in [6.07, 6.45) is 6.19. The van der Waals surface area contributed by atoms with Crippen LogP contribution >= 0.6 is 0 Å². The van der Waals surface area contributed by atoms with Gasteiger partial charge in [-0.05, 0) is 66.8 Å². The molecule has 0 aliphatic heterocycles. The number of aryl methyl sites for hydroxylation is 1. The quantitative estimate of drug-likeness (QED) is 0.290. The van der Waals surface area contributed by atoms with Gasteiger partial charge in [0.15, 0.2) is 0 Å². The number of carbonyl (C=O) groups excluding carboxylic acids is 2. The highest BCUT2D eigenvalue weighted by Crippen LogP contribution is 2.33. The molecule has 0 aromatic heterocycles. The van der Waals surface area contributed by atoms with E-state index in [1.54, 1.807) is 18.2 Å². The summed E-state index contributed by atoms with van der Waals surface area (Å²) in [6, 6.07) is 20.7. The first-order valence-corrected chi connectivity index (χ1v) is 9.94. The maximum atomic E-state index is 12.3. The topological polar surface area (TPSA) is 52.6 Å². The smallest absolute Gasteiger partial charge is 0.336 e. The number of benzene rings is 3. The predicted octanol–water partition coefficient (Wildman–Crippen LogP) is 5.85. The Labute approximate surface area is 182 Å². The molecule has 0 aliphatic rings. The van der Waals surface area contributed by atoms with Gasteiger partial charge in [0, 0.05) is 12.2 Å². The SMILES string of the molecule is Cc1cc(OC(=O)/C=C/c2ccccc2)c(C)c(C)c1OC(=O)/C=C/c1ccccc1. The van der Waals surface area contributed by atoms with Gasteiger partial charge < -0.3 is 9.47 Å². The van der Waals surface area contributed by atoms with Gasteiger partial charge >= 0.3 is 11.9 Å². The van der Waals surface area contributed by atoms with Crippen molar-refractivity contribution in [3.8, 4) is 11.5 Å². The molecule has 0 atom stereocenters. The molecule has 0 spiro atoms. The molecule has 0 N–H and O–H groups in total. The number of hydrogen-bond acceptors (Lipinski definition) is 4. The third-order valence-electron chi connectivity index (χ3n) is 4.81. The maximum Gasteiger partial charge on any atom is 0.336 e. The van der Waals surface area contributed by atoms with Crippen LogP contribution in [-0.4, -0.2) is 11.9 Å². The van der Waals surface area contributed by atoms with Crippen molar-refractivity contribution < 1.29 is 19.1 Å². The number of hydrogen-bond donors (Lipinski definition) is 0. The normalized spacial score (nSPS) is 11.1. The van der Waals surface area contributed by atoms with Crippen LogP contribution in [0.25, 0.3) is 12.2 Å². The number of esters is 2. The van der Waals surface area contributed by atoms with Crippen LogP contribution in [-0.2, 0) is 9.59 Å². The first-order valence-electron chi connectivity index (χ1n) is 9.94. The standard InChI is InChI=1S/C27H24O4/c1-19-18-24(30-25(28)16-14-22-10-6-4-7-11-22)20(2)21(3)27(19)31-26(29)17-15-23-12-8-5-9-13-23/h4-18H,1-3H3/b16-14+,17-15+. The van der Waals surface area contributed by atoms with Crippen molar-refractivity contribution in [2.75, 3.05) is 0 Å². The Morgan fingerprint density at radius 1 is 0.677 bits per heavy atom. The molecule has 0 heterocycles. The van der Waals surface area contributed by atoms with E-state index < -0.39 is 11.9 Å². The Bertz CT molecular complexity index is 1130. The lowest BCUT2D eigenvalue weighted by Gasteiger charge is -2.15. The predicted molar refractivity (Wildman–Crippen MR) is 123 cm³/mol. The van der Waals surface area contributed by atoms with Gasteiger partial charge in [-0.15, -0.1) is 0 Å². The van der Waals surface area contributed by atoms with Crippen LogP contribution in [0.1, 0.15) is 27.8 Å². The zero-order valence-corrected chi connectivity index (χ0v) is 17.8. The number of carbonyl (C=O) groups is 2. The van der Waals surface area contributed by atoms with Gasteiger partial charge in [-0.2, -0.15) is 0 Å². The Morgan fingerprint density at radius 2 is 1.16 bits per heavy atom. The molecule has 0 saturated heterocycles. The Morgan fingerprint density at radius 3 is 1.68 bits per heavy atom. The van der Waals surface area contributed by atoms with E-state index in [2.05, 4.69) is 0 Å². The molecule has 0 fully saturated rings. The molecule has 3 rings (SSSR count). The molecule has 0 radical (unpaired) electrons. The first kappa shape index (κ1) is 21.8. The van der Waals surface area contributed by atoms with E-state index >= 15 is 0 Å². The van der Waals surface area contributed by atoms with Crippen LogP contribution in [0.4, 0.5) is 0 Å². The Hall–Kier alpha value is -3.92. The summed E-state index contributed by atoms with van der Waals surface area (Å²) in [7, 11) is 0. The highest BCUT2D eigenvalue weighted by atomic mass is 16.5. The second kappa shape index (κ2) is 10.2. The summed E-state index contributed by atoms with van der Waals surface area (Å²) in [6.45, 7) is 5.48. The van der Waals surface area contributed by atoms with Crippen LogP contribution in [0.2, 0.25) is 0 Å². The van der Waals surface area contributed by atoms with Crippen LogP contribution in [0.15, 0.2) is 78.9 Å². The van der Waals surface area contributed by atoms with E-state index in [0.29, 0.717) is 17.1 Å². The van der Waals surface area contributed by atoms with Crippen LogP contribution in [0.5, 0.6) is 11.5 Å². The second-order valence-corrected chi connectivity index (χ2v) is 7.10. The maximum absolute atomic E-state index is 12.3. The van der Waals surface area contributed by atoms with E-state index in [9.17, 15) is 9.59 Å². The van der Waals surface area contributed by atoms with Crippen molar-refractivity contribution in [1.82, 2.24) is 0 Å². The summed E-state index contributed by atoms with van der Waals surface area (Å²) >= 11 is 0. The van der Waals surface area contributed by atoms with Gasteiger partial charge in [0.2, 0.25) is 0 Å². The van der Waals surface area contributed by atoms with Crippen molar-refractivity contribution >= 4 is 24.1 Å². The summed E-state index contributed by atoms with van der Waals surface area (Å²) in [4.78, 5) is 24.5. The largest absolute Gasteiger partial charge is 0.423 e. The average Bonchev–Trinajstić information content (AvgIpc) is 2.79. The highest BCUT2D eigenvalue weighted by Gasteiger charge is 2.16. The van der Waals surface area contributed by atoms with Gasteiger partial charge in [-0.3, -0.25) is 0 Å². The van der Waals surface area contributed by atoms with Gasteiger partial charge in [-0.25, -0.2) is 9.59 Å². The fourth-order valence-electron chi connectivity index (χ4n) is 3.02. The summed E-state index contributed by atoms with van der Waals surface area (Å²) in [5, 5.41) is 0. The molecule has 4 heteroatoms. The number of ether oxygens (including phenoxy) is 2. The van der Waals surface area contributed by atoms with Crippen molar-refractivity contribution in [3.05, 3.63) is 107 Å². The lowest BCUT2D eigenvalue weighted by Crippen LogP contribution is -2.10. The molecule has 0 amide bonds. The average molecular weight is 412 g/mol. The van der Waals surface area contributed by atoms with Gasteiger partial charge in [0.1, 0.15) is 11.5 Å². The van der Waals surface area contributed by atoms with E-state index in [-0.39, 0.29) is 0 Å². The molecule has 3 aromatic rings. The monoisotopic (exact) mass is 412 g/mol. The minimum atomic E-state index is -0.471. The molecule has 0 aliphatic carbocycles. The van der Waals surface area contributed by atoms with Gasteiger partial charge in [0.25, 0.3) is 0 Å². The lowest BCUT2D eigenvalue weighted by molar-refractivity contribution is -0.130. The molecule has 0 bridgehead atoms. The first-order chi connectivity index (χ1) is 14.9. The molecule has 4 nitrogen and oxygen atoms in total. The second-order valence-electron chi connectivity index (χ2n) is 7.10. The fourth-order valence-corrected chi connectivity index (χ4v) is 3.02. The minimum Gasteiger partial charge on any atom is -0.423 e. The zero-order valence-electron chi connectivity index (χ0n) is 17.8. The van der Waals surface area contributed by atoms with Crippen molar-refractivity contribution in [3.63, 3.8) is 0 Å². The number of rotatable bonds is 6. The van der Waals surface area contributed by atoms with Crippen molar-refractivity contribution in [2.45, 2.75) is 20.8 Å². The van der Waals surface area contributed by atoms with Crippen molar-refractivity contribution in [2.24, 2.45) is 0 Å². The zero-order chi connectivity index (χ0) is 22.2. The van der Waals surface area contributed by atoms with E-state index in [1.165, 1.54) is 12.2 Å². The molecule has 156 valence electrons. The Kier molecular flexibility index (Phi) is 7.17. The summed E-state index contributed by atoms with van der Waals surface area (Å²) in [5.74, 6) is -0.0246. The fraction of sp³-hybridized carbons (Fsp3) is 0.111.